The lowest BCUT2D eigenvalue weighted by Gasteiger charge is -1.77. The molecule has 0 N–H and O–H groups in total. The second-order valence-electron chi connectivity index (χ2n) is 0.966. The molecule has 1 aromatic heterocycles. The fourth-order valence-corrected chi connectivity index (χ4v) is 0.359. The third kappa shape index (κ3) is 1.12. The molecule has 1 aromatic rings. The summed E-state index contributed by atoms with van der Waals surface area (Å²) in [7, 11) is 0. The Labute approximate surface area is 46.1 Å². The Morgan fingerprint density at radius 2 is 2.57 bits per heavy atom. The summed E-state index contributed by atoms with van der Waals surface area (Å²) in [5.41, 5.74) is 0. The average molecular weight is 114 g/mol. The Bertz CT molecular complexity index is 140. The van der Waals surface area contributed by atoms with Crippen molar-refractivity contribution in [3.05, 3.63) is 23.5 Å². The van der Waals surface area contributed by atoms with Crippen molar-refractivity contribution in [3.8, 4) is 0 Å². The van der Waals surface area contributed by atoms with E-state index in [0.717, 1.165) is 0 Å². The van der Waals surface area contributed by atoms with Crippen molar-refractivity contribution in [2.45, 2.75) is 0 Å². The van der Waals surface area contributed by atoms with Gasteiger partial charge in [0.05, 0.1) is 6.20 Å². The third-order valence-corrected chi connectivity index (χ3v) is 0.674. The number of halogens is 1. The smallest absolute Gasteiger partial charge is 0.158 e. The van der Waals surface area contributed by atoms with Gasteiger partial charge in [-0.2, -0.15) is 5.10 Å². The fourth-order valence-electron chi connectivity index (χ4n) is 0.252. The van der Waals surface area contributed by atoms with E-state index in [9.17, 15) is 0 Å². The largest absolute Gasteiger partial charge is 0.159 e. The molecule has 0 amide bonds. The molecule has 0 fully saturated rings. The molecule has 0 atom stereocenters. The van der Waals surface area contributed by atoms with Crippen LogP contribution >= 0.6 is 11.6 Å². The predicted octanol–water partition coefficient (Wildman–Crippen LogP) is 0.930. The molecule has 1 rings (SSSR count). The molecule has 1 radical (unpaired) electrons. The highest BCUT2D eigenvalue weighted by Crippen LogP contribution is 1.94. The zero-order valence-corrected chi connectivity index (χ0v) is 4.18. The first-order chi connectivity index (χ1) is 3.39. The highest BCUT2D eigenvalue weighted by atomic mass is 35.5. The first-order valence-electron chi connectivity index (χ1n) is 1.74. The van der Waals surface area contributed by atoms with Crippen LogP contribution in [-0.2, 0) is 0 Å². The maximum Gasteiger partial charge on any atom is 0.159 e. The van der Waals surface area contributed by atoms with E-state index in [1.807, 2.05) is 0 Å². The van der Waals surface area contributed by atoms with Crippen LogP contribution in [-0.4, -0.2) is 10.2 Å². The van der Waals surface area contributed by atoms with E-state index in [1.165, 1.54) is 6.20 Å². The summed E-state index contributed by atoms with van der Waals surface area (Å²) >= 11 is 5.31. The van der Waals surface area contributed by atoms with Crippen molar-refractivity contribution in [1.29, 1.82) is 0 Å². The molecule has 1 heterocycles. The van der Waals surface area contributed by atoms with Crippen LogP contribution in [0.25, 0.3) is 0 Å². The van der Waals surface area contributed by atoms with Crippen LogP contribution in [0.15, 0.2) is 12.3 Å². The van der Waals surface area contributed by atoms with Gasteiger partial charge < -0.3 is 0 Å². The summed E-state index contributed by atoms with van der Waals surface area (Å²) in [6, 6.07) is 4.23. The Balaban J connectivity index is 3.02. The van der Waals surface area contributed by atoms with Gasteiger partial charge in [0.1, 0.15) is 0 Å². The Hall–Kier alpha value is -0.630. The summed E-state index contributed by atoms with van der Waals surface area (Å²) in [6.07, 6.45) is 1.52. The van der Waals surface area contributed by atoms with Crippen LogP contribution in [0.4, 0.5) is 0 Å². The van der Waals surface area contributed by atoms with Crippen LogP contribution in [0, 0.1) is 6.07 Å². The molecule has 2 nitrogen and oxygen atoms in total. The molecule has 0 aliphatic carbocycles. The lowest BCUT2D eigenvalue weighted by molar-refractivity contribution is 1.03. The topological polar surface area (TPSA) is 25.8 Å². The van der Waals surface area contributed by atoms with Crippen molar-refractivity contribution in [3.63, 3.8) is 0 Å². The van der Waals surface area contributed by atoms with Gasteiger partial charge in [0.25, 0.3) is 0 Å². The van der Waals surface area contributed by atoms with Crippen LogP contribution in [0.1, 0.15) is 0 Å². The molecule has 0 saturated carbocycles. The second-order valence-corrected chi connectivity index (χ2v) is 1.32. The molecule has 0 aromatic carbocycles. The molecule has 35 valence electrons. The normalized spacial score (nSPS) is 8.71. The van der Waals surface area contributed by atoms with E-state index < -0.39 is 0 Å². The van der Waals surface area contributed by atoms with Gasteiger partial charge in [-0.05, 0) is 6.07 Å². The molecular formula is C4H2ClN2. The van der Waals surface area contributed by atoms with Crippen molar-refractivity contribution >= 4 is 11.6 Å². The van der Waals surface area contributed by atoms with Crippen molar-refractivity contribution in [2.75, 3.05) is 0 Å². The van der Waals surface area contributed by atoms with Gasteiger partial charge in [-0.15, -0.1) is 5.10 Å². The van der Waals surface area contributed by atoms with Gasteiger partial charge in [-0.1, -0.05) is 11.6 Å². The first-order valence-corrected chi connectivity index (χ1v) is 2.12. The molecular weight excluding hydrogens is 112 g/mol. The summed E-state index contributed by atoms with van der Waals surface area (Å²) in [6.45, 7) is 0. The van der Waals surface area contributed by atoms with Crippen LogP contribution in [0.5, 0.6) is 0 Å². The highest BCUT2D eigenvalue weighted by molar-refractivity contribution is 6.29. The van der Waals surface area contributed by atoms with E-state index >= 15 is 0 Å². The first kappa shape index (κ1) is 4.53. The molecule has 0 spiro atoms. The van der Waals surface area contributed by atoms with Gasteiger partial charge in [-0.25, -0.2) is 0 Å². The number of aromatic nitrogens is 2. The Kier molecular flexibility index (Phi) is 1.22. The van der Waals surface area contributed by atoms with Gasteiger partial charge >= 0.3 is 0 Å². The van der Waals surface area contributed by atoms with Gasteiger partial charge in [0.15, 0.2) is 5.15 Å². The maximum absolute atomic E-state index is 5.31. The minimum absolute atomic E-state index is 0.308. The average Bonchev–Trinajstić information content (AvgIpc) is 1.69. The van der Waals surface area contributed by atoms with E-state index in [0.29, 0.717) is 5.15 Å². The number of hydrogen-bond acceptors (Lipinski definition) is 2. The van der Waals surface area contributed by atoms with Gasteiger partial charge in [0.2, 0.25) is 0 Å². The standard InChI is InChI=1S/C4H2ClN2/c5-4-2-1-3-6-7-4/h1,3H. The number of nitrogens with zero attached hydrogens (tertiary/aromatic N) is 2. The van der Waals surface area contributed by atoms with Crippen LogP contribution in [0.3, 0.4) is 0 Å². The van der Waals surface area contributed by atoms with E-state index in [-0.39, 0.29) is 0 Å². The molecule has 0 bridgehead atoms. The lowest BCUT2D eigenvalue weighted by Crippen LogP contribution is -1.75. The molecule has 0 unspecified atom stereocenters. The fraction of sp³-hybridized carbons (Fsp3) is 0. The Morgan fingerprint density at radius 1 is 1.71 bits per heavy atom. The van der Waals surface area contributed by atoms with Crippen LogP contribution in [0.2, 0.25) is 5.15 Å². The second kappa shape index (κ2) is 1.89. The van der Waals surface area contributed by atoms with Crippen molar-refractivity contribution in [1.82, 2.24) is 10.2 Å². The summed E-state index contributed by atoms with van der Waals surface area (Å²) in [5, 5.41) is 7.22. The molecule has 0 saturated heterocycles. The molecule has 7 heavy (non-hydrogen) atoms. The quantitative estimate of drug-likeness (QED) is 0.500. The maximum atomic E-state index is 5.31. The Morgan fingerprint density at radius 3 is 2.86 bits per heavy atom. The summed E-state index contributed by atoms with van der Waals surface area (Å²) < 4.78 is 0. The summed E-state index contributed by atoms with van der Waals surface area (Å²) in [4.78, 5) is 0. The molecule has 3 heteroatoms. The van der Waals surface area contributed by atoms with E-state index in [2.05, 4.69) is 16.3 Å². The SMILES string of the molecule is Clc1[c]ccnn1. The van der Waals surface area contributed by atoms with E-state index in [1.54, 1.807) is 6.07 Å². The third-order valence-electron chi connectivity index (χ3n) is 0.489. The lowest BCUT2D eigenvalue weighted by atomic mass is 10.6. The minimum atomic E-state index is 0.308. The number of rotatable bonds is 0. The van der Waals surface area contributed by atoms with Crippen molar-refractivity contribution in [2.24, 2.45) is 0 Å². The predicted molar refractivity (Wildman–Crippen MR) is 25.9 cm³/mol. The molecule has 0 aliphatic heterocycles. The summed E-state index contributed by atoms with van der Waals surface area (Å²) in [5.74, 6) is 0. The van der Waals surface area contributed by atoms with Crippen molar-refractivity contribution < 1.29 is 0 Å². The van der Waals surface area contributed by atoms with Gasteiger partial charge in [-0.3, -0.25) is 0 Å². The monoisotopic (exact) mass is 113 g/mol. The van der Waals surface area contributed by atoms with Crippen LogP contribution < -0.4 is 0 Å². The minimum Gasteiger partial charge on any atom is -0.158 e. The number of hydrogen-bond donors (Lipinski definition) is 0. The zero-order valence-electron chi connectivity index (χ0n) is 3.43. The zero-order chi connectivity index (χ0) is 5.11. The van der Waals surface area contributed by atoms with Gasteiger partial charge in [0, 0.05) is 6.07 Å². The van der Waals surface area contributed by atoms with E-state index in [4.69, 9.17) is 11.6 Å². The molecule has 0 aliphatic rings. The highest BCUT2D eigenvalue weighted by Gasteiger charge is 1.79.